The summed E-state index contributed by atoms with van der Waals surface area (Å²) in [7, 11) is 0. The highest BCUT2D eigenvalue weighted by atomic mass is 15.2. The molecule has 1 aliphatic rings. The first kappa shape index (κ1) is 17.0. The Labute approximate surface area is 161 Å². The van der Waals surface area contributed by atoms with Crippen molar-refractivity contribution in [2.24, 2.45) is 17.6 Å². The van der Waals surface area contributed by atoms with E-state index in [9.17, 15) is 0 Å². The summed E-state index contributed by atoms with van der Waals surface area (Å²) in [5, 5.41) is 8.37. The summed E-state index contributed by atoms with van der Waals surface area (Å²) in [5.74, 6) is 2.19. The third-order valence-corrected chi connectivity index (χ3v) is 5.21. The zero-order chi connectivity index (χ0) is 18.1. The molecule has 0 bridgehead atoms. The number of fused-ring (bicyclic) bond motifs is 1. The fraction of sp³-hybridized carbons (Fsp3) is 0.450. The van der Waals surface area contributed by atoms with Crippen LogP contribution in [0.5, 0.6) is 0 Å². The van der Waals surface area contributed by atoms with Crippen molar-refractivity contribution >= 4 is 16.9 Å². The summed E-state index contributed by atoms with van der Waals surface area (Å²) in [4.78, 5) is 11.6. The van der Waals surface area contributed by atoms with Crippen LogP contribution in [0, 0.1) is 11.8 Å². The fourth-order valence-electron chi connectivity index (χ4n) is 3.90. The van der Waals surface area contributed by atoms with E-state index in [1.165, 1.54) is 0 Å². The molecule has 4 heterocycles. The van der Waals surface area contributed by atoms with Gasteiger partial charge in [-0.3, -0.25) is 5.10 Å². The number of piperidine rings is 1. The van der Waals surface area contributed by atoms with E-state index in [2.05, 4.69) is 46.1 Å². The molecule has 0 unspecified atom stereocenters. The highest BCUT2D eigenvalue weighted by molar-refractivity contribution is 5.89. The SMILES string of the molecule is CC(C)C[C@@H]1CN(c2cccc(-c3[nH]nc4ncccc34)n2)CC[C@H]1N.[HH].[HH].[HH].[HH].[HH]. The lowest BCUT2D eigenvalue weighted by molar-refractivity contribution is 0.303. The average Bonchev–Trinajstić information content (AvgIpc) is 3.07. The number of aromatic amines is 1. The van der Waals surface area contributed by atoms with E-state index in [1.807, 2.05) is 18.2 Å². The molecule has 4 rings (SSSR count). The standard InChI is InChI=1S/C20H26N6.5H2/c1-13(2)11-14-12-26(10-8-16(14)21)18-7-3-6-17(23-18)19-15-5-4-9-22-20(15)25-24-19;;;;;/h3-7,9,13-14,16H,8,10-12,21H2,1-2H3,(H,22,24,25);5*1H/t14-,16-;;;;;/m1...../s1. The number of H-pyrrole nitrogens is 1. The molecule has 1 aliphatic heterocycles. The van der Waals surface area contributed by atoms with Gasteiger partial charge in [0.1, 0.15) is 5.82 Å². The number of nitrogens with zero attached hydrogens (tertiary/aromatic N) is 4. The van der Waals surface area contributed by atoms with Gasteiger partial charge in [-0.2, -0.15) is 5.10 Å². The lowest BCUT2D eigenvalue weighted by Gasteiger charge is -2.38. The number of nitrogens with two attached hydrogens (primary N) is 1. The molecular formula is C20H36N6. The number of anilines is 1. The Kier molecular flexibility index (Phi) is 4.59. The lowest BCUT2D eigenvalue weighted by atomic mass is 9.86. The summed E-state index contributed by atoms with van der Waals surface area (Å²) in [5.41, 5.74) is 8.90. The normalized spacial score (nSPS) is 20.8. The van der Waals surface area contributed by atoms with Crippen LogP contribution >= 0.6 is 0 Å². The van der Waals surface area contributed by atoms with Gasteiger partial charge in [0.15, 0.2) is 5.65 Å². The van der Waals surface area contributed by atoms with Gasteiger partial charge >= 0.3 is 0 Å². The molecule has 0 radical (unpaired) electrons. The van der Waals surface area contributed by atoms with E-state index in [4.69, 9.17) is 10.7 Å². The van der Waals surface area contributed by atoms with E-state index < -0.39 is 0 Å². The number of hydrogen-bond acceptors (Lipinski definition) is 5. The Morgan fingerprint density at radius 1 is 1.31 bits per heavy atom. The second kappa shape index (κ2) is 7.03. The molecule has 0 spiro atoms. The first-order valence-corrected chi connectivity index (χ1v) is 9.39. The zero-order valence-corrected chi connectivity index (χ0v) is 15.4. The maximum Gasteiger partial charge on any atom is 0.181 e. The second-order valence-electron chi connectivity index (χ2n) is 7.64. The van der Waals surface area contributed by atoms with Crippen LogP contribution < -0.4 is 10.6 Å². The molecule has 0 aromatic carbocycles. The van der Waals surface area contributed by atoms with Crippen LogP contribution in [0.1, 0.15) is 33.8 Å². The topological polar surface area (TPSA) is 83.7 Å². The Hall–Kier alpha value is -2.47. The van der Waals surface area contributed by atoms with Gasteiger partial charge in [-0.05, 0) is 48.9 Å². The van der Waals surface area contributed by atoms with Crippen molar-refractivity contribution in [1.29, 1.82) is 0 Å². The number of pyridine rings is 2. The molecule has 1 fully saturated rings. The first-order chi connectivity index (χ1) is 12.6. The van der Waals surface area contributed by atoms with Crippen molar-refractivity contribution in [2.45, 2.75) is 32.7 Å². The van der Waals surface area contributed by atoms with Gasteiger partial charge in [-0.15, -0.1) is 0 Å². The minimum Gasteiger partial charge on any atom is -0.356 e. The Morgan fingerprint density at radius 3 is 3.04 bits per heavy atom. The smallest absolute Gasteiger partial charge is 0.181 e. The highest BCUT2D eigenvalue weighted by Gasteiger charge is 2.28. The summed E-state index contributed by atoms with van der Waals surface area (Å²) in [6.45, 7) is 6.46. The van der Waals surface area contributed by atoms with Crippen LogP contribution in [0.3, 0.4) is 0 Å². The molecule has 3 aromatic rings. The molecule has 6 heteroatoms. The van der Waals surface area contributed by atoms with Crippen LogP contribution in [-0.2, 0) is 0 Å². The molecule has 0 aliphatic carbocycles. The Balaban J connectivity index is 0. The third-order valence-electron chi connectivity index (χ3n) is 5.21. The van der Waals surface area contributed by atoms with Gasteiger partial charge in [0, 0.05) is 37.8 Å². The summed E-state index contributed by atoms with van der Waals surface area (Å²) >= 11 is 0. The van der Waals surface area contributed by atoms with Crippen molar-refractivity contribution in [3.05, 3.63) is 36.5 Å². The molecule has 0 amide bonds. The molecular weight excluding hydrogens is 324 g/mol. The van der Waals surface area contributed by atoms with Crippen LogP contribution in [-0.4, -0.2) is 39.3 Å². The maximum atomic E-state index is 6.37. The molecule has 3 aromatic heterocycles. The van der Waals surface area contributed by atoms with Crippen LogP contribution in [0.15, 0.2) is 36.5 Å². The predicted molar refractivity (Wildman–Crippen MR) is 115 cm³/mol. The van der Waals surface area contributed by atoms with Gasteiger partial charge in [0.25, 0.3) is 0 Å². The van der Waals surface area contributed by atoms with Crippen LogP contribution in [0.2, 0.25) is 0 Å². The summed E-state index contributed by atoms with van der Waals surface area (Å²) in [6.07, 6.45) is 3.93. The van der Waals surface area contributed by atoms with Gasteiger partial charge in [-0.1, -0.05) is 19.9 Å². The fourth-order valence-corrected chi connectivity index (χ4v) is 3.90. The molecule has 6 nitrogen and oxygen atoms in total. The van der Waals surface area contributed by atoms with Gasteiger partial charge < -0.3 is 10.6 Å². The Morgan fingerprint density at radius 2 is 2.19 bits per heavy atom. The molecule has 26 heavy (non-hydrogen) atoms. The quantitative estimate of drug-likeness (QED) is 0.718. The van der Waals surface area contributed by atoms with Crippen LogP contribution in [0.25, 0.3) is 22.4 Å². The van der Waals surface area contributed by atoms with Crippen molar-refractivity contribution in [2.75, 3.05) is 18.0 Å². The van der Waals surface area contributed by atoms with Gasteiger partial charge in [-0.25, -0.2) is 9.97 Å². The maximum absolute atomic E-state index is 6.37. The van der Waals surface area contributed by atoms with Gasteiger partial charge in [0.05, 0.1) is 11.4 Å². The number of nitrogens with one attached hydrogen (secondary N) is 1. The van der Waals surface area contributed by atoms with Crippen LogP contribution in [0.4, 0.5) is 5.82 Å². The minimum atomic E-state index is 0. The third kappa shape index (κ3) is 3.29. The molecule has 146 valence electrons. The van der Waals surface area contributed by atoms with E-state index in [0.29, 0.717) is 17.9 Å². The van der Waals surface area contributed by atoms with Crippen molar-refractivity contribution in [3.8, 4) is 11.4 Å². The molecule has 0 saturated carbocycles. The van der Waals surface area contributed by atoms with Crippen molar-refractivity contribution < 1.29 is 7.13 Å². The average molecular weight is 361 g/mol. The van der Waals surface area contributed by atoms with E-state index in [1.54, 1.807) is 6.20 Å². The van der Waals surface area contributed by atoms with E-state index in [0.717, 1.165) is 54.2 Å². The number of aromatic nitrogens is 4. The molecule has 2 atom stereocenters. The highest BCUT2D eigenvalue weighted by Crippen LogP contribution is 2.28. The van der Waals surface area contributed by atoms with Crippen molar-refractivity contribution in [1.82, 2.24) is 20.2 Å². The van der Waals surface area contributed by atoms with Gasteiger partial charge in [0.2, 0.25) is 0 Å². The summed E-state index contributed by atoms with van der Waals surface area (Å²) < 4.78 is 0. The monoisotopic (exact) mass is 360 g/mol. The lowest BCUT2D eigenvalue weighted by Crippen LogP contribution is -2.47. The Bertz CT molecular complexity index is 906. The number of rotatable bonds is 4. The van der Waals surface area contributed by atoms with E-state index >= 15 is 0 Å². The zero-order valence-electron chi connectivity index (χ0n) is 15.4. The summed E-state index contributed by atoms with van der Waals surface area (Å²) in [6, 6.07) is 10.4. The second-order valence-corrected chi connectivity index (χ2v) is 7.64. The molecule has 3 N–H and O–H groups in total. The largest absolute Gasteiger partial charge is 0.356 e. The van der Waals surface area contributed by atoms with E-state index in [-0.39, 0.29) is 7.13 Å². The first-order valence-electron chi connectivity index (χ1n) is 9.39. The van der Waals surface area contributed by atoms with Crippen molar-refractivity contribution in [3.63, 3.8) is 0 Å². The number of hydrogen-bond donors (Lipinski definition) is 2. The minimum absolute atomic E-state index is 0. The molecule has 1 saturated heterocycles. The predicted octanol–water partition coefficient (Wildman–Crippen LogP) is 4.45.